The van der Waals surface area contributed by atoms with Gasteiger partial charge in [0.05, 0.1) is 11.2 Å². The van der Waals surface area contributed by atoms with E-state index in [-0.39, 0.29) is 11.9 Å². The summed E-state index contributed by atoms with van der Waals surface area (Å²) >= 11 is 1.48. The Morgan fingerprint density at radius 2 is 2.00 bits per heavy atom. The molecule has 1 aliphatic carbocycles. The number of piperidine rings is 1. The van der Waals surface area contributed by atoms with Crippen LogP contribution in [0.1, 0.15) is 58.1 Å². The lowest BCUT2D eigenvalue weighted by atomic mass is 10.0. The number of aryl methyl sites for hydroxylation is 1. The van der Waals surface area contributed by atoms with Gasteiger partial charge in [-0.15, -0.1) is 11.3 Å². The van der Waals surface area contributed by atoms with Crippen LogP contribution in [0.3, 0.4) is 0 Å². The number of amides is 1. The second-order valence-corrected chi connectivity index (χ2v) is 8.15. The number of nitrogens with zero attached hydrogens (tertiary/aromatic N) is 2. The van der Waals surface area contributed by atoms with E-state index in [1.807, 2.05) is 5.51 Å². The van der Waals surface area contributed by atoms with Gasteiger partial charge < -0.3 is 5.32 Å². The number of hydrogen-bond acceptors (Lipinski definition) is 4. The number of benzene rings is 1. The quantitative estimate of drug-likeness (QED) is 0.889. The maximum Gasteiger partial charge on any atom is 0.263 e. The fourth-order valence-electron chi connectivity index (χ4n) is 3.59. The van der Waals surface area contributed by atoms with Gasteiger partial charge in [0.1, 0.15) is 4.88 Å². The fraction of sp³-hybridized carbons (Fsp3) is 0.500. The van der Waals surface area contributed by atoms with Crippen molar-refractivity contribution in [1.29, 1.82) is 0 Å². The Hall–Kier alpha value is -1.72. The zero-order valence-corrected chi connectivity index (χ0v) is 15.5. The summed E-state index contributed by atoms with van der Waals surface area (Å²) in [6.45, 7) is 5.26. The van der Waals surface area contributed by atoms with E-state index in [0.29, 0.717) is 5.92 Å². The zero-order valence-electron chi connectivity index (χ0n) is 14.7. The van der Waals surface area contributed by atoms with Crippen molar-refractivity contribution < 1.29 is 4.79 Å². The number of aromatic nitrogens is 1. The van der Waals surface area contributed by atoms with Crippen molar-refractivity contribution in [1.82, 2.24) is 15.2 Å². The minimum absolute atomic E-state index is 0.0850. The molecule has 1 aliphatic heterocycles. The summed E-state index contributed by atoms with van der Waals surface area (Å²) in [6, 6.07) is 8.88. The van der Waals surface area contributed by atoms with Gasteiger partial charge in [-0.2, -0.15) is 0 Å². The largest absolute Gasteiger partial charge is 0.348 e. The summed E-state index contributed by atoms with van der Waals surface area (Å²) < 4.78 is 0. The van der Waals surface area contributed by atoms with Crippen molar-refractivity contribution in [2.24, 2.45) is 0 Å². The summed E-state index contributed by atoms with van der Waals surface area (Å²) in [6.07, 6.45) is 4.41. The Morgan fingerprint density at radius 3 is 2.72 bits per heavy atom. The van der Waals surface area contributed by atoms with Gasteiger partial charge in [0.2, 0.25) is 0 Å². The molecular formula is C20H25N3OS. The Kier molecular flexibility index (Phi) is 4.86. The SMILES string of the molecule is Cc1ccccc1CN1CCC(NC(=O)c2scnc2C2CC2)CC1. The van der Waals surface area contributed by atoms with Crippen molar-refractivity contribution in [2.45, 2.75) is 51.1 Å². The summed E-state index contributed by atoms with van der Waals surface area (Å²) in [5.74, 6) is 0.615. The number of likely N-dealkylation sites (tertiary alicyclic amines) is 1. The van der Waals surface area contributed by atoms with E-state index < -0.39 is 0 Å². The van der Waals surface area contributed by atoms with Crippen molar-refractivity contribution in [3.63, 3.8) is 0 Å². The molecule has 1 amide bonds. The summed E-state index contributed by atoms with van der Waals surface area (Å²) in [5, 5.41) is 3.24. The Balaban J connectivity index is 1.29. The molecule has 0 atom stereocenters. The van der Waals surface area contributed by atoms with Crippen LogP contribution in [-0.4, -0.2) is 34.9 Å². The molecule has 1 saturated heterocycles. The van der Waals surface area contributed by atoms with Crippen molar-refractivity contribution in [3.05, 3.63) is 51.5 Å². The number of hydrogen-bond donors (Lipinski definition) is 1. The number of nitrogens with one attached hydrogen (secondary N) is 1. The maximum atomic E-state index is 12.6. The van der Waals surface area contributed by atoms with Gasteiger partial charge in [-0.05, 0) is 43.7 Å². The molecule has 0 radical (unpaired) electrons. The zero-order chi connectivity index (χ0) is 17.2. The van der Waals surface area contributed by atoms with Gasteiger partial charge in [-0.3, -0.25) is 9.69 Å². The topological polar surface area (TPSA) is 45.2 Å². The second kappa shape index (κ2) is 7.26. The molecule has 4 nitrogen and oxygen atoms in total. The first-order valence-corrected chi connectivity index (χ1v) is 10.1. The van der Waals surface area contributed by atoms with E-state index in [0.717, 1.165) is 43.0 Å². The molecule has 0 bridgehead atoms. The van der Waals surface area contributed by atoms with E-state index in [9.17, 15) is 4.79 Å². The van der Waals surface area contributed by atoms with Crippen LogP contribution in [0.2, 0.25) is 0 Å². The predicted octanol–water partition coefficient (Wildman–Crippen LogP) is 3.72. The average Bonchev–Trinajstić information content (AvgIpc) is 3.35. The smallest absolute Gasteiger partial charge is 0.263 e. The van der Waals surface area contributed by atoms with Crippen molar-refractivity contribution in [3.8, 4) is 0 Å². The number of thiazole rings is 1. The highest BCUT2D eigenvalue weighted by Gasteiger charge is 2.31. The van der Waals surface area contributed by atoms with Gasteiger partial charge >= 0.3 is 0 Å². The minimum Gasteiger partial charge on any atom is -0.348 e. The molecular weight excluding hydrogens is 330 g/mol. The molecule has 4 rings (SSSR count). The van der Waals surface area contributed by atoms with Crippen molar-refractivity contribution >= 4 is 17.2 Å². The number of carbonyl (C=O) groups excluding carboxylic acids is 1. The molecule has 5 heteroatoms. The average molecular weight is 356 g/mol. The molecule has 2 heterocycles. The van der Waals surface area contributed by atoms with Gasteiger partial charge in [0, 0.05) is 31.6 Å². The van der Waals surface area contributed by atoms with Crippen LogP contribution in [0, 0.1) is 6.92 Å². The normalized spacial score (nSPS) is 19.1. The third-order valence-electron chi connectivity index (χ3n) is 5.34. The Morgan fingerprint density at radius 1 is 1.24 bits per heavy atom. The highest BCUT2D eigenvalue weighted by atomic mass is 32.1. The van der Waals surface area contributed by atoms with Crippen LogP contribution >= 0.6 is 11.3 Å². The van der Waals surface area contributed by atoms with Crippen LogP contribution in [0.25, 0.3) is 0 Å². The molecule has 2 aliphatic rings. The first-order valence-electron chi connectivity index (χ1n) is 9.22. The van der Waals surface area contributed by atoms with Crippen molar-refractivity contribution in [2.75, 3.05) is 13.1 Å². The molecule has 1 saturated carbocycles. The molecule has 2 fully saturated rings. The lowest BCUT2D eigenvalue weighted by Gasteiger charge is -2.32. The lowest BCUT2D eigenvalue weighted by Crippen LogP contribution is -2.44. The van der Waals surface area contributed by atoms with Crippen LogP contribution in [0.4, 0.5) is 0 Å². The van der Waals surface area contributed by atoms with E-state index in [4.69, 9.17) is 0 Å². The number of carbonyl (C=O) groups is 1. The summed E-state index contributed by atoms with van der Waals surface area (Å²) in [4.78, 5) is 20.3. The third kappa shape index (κ3) is 3.93. The van der Waals surface area contributed by atoms with Gasteiger partial charge in [-0.25, -0.2) is 4.98 Å². The van der Waals surface area contributed by atoms with Crippen LogP contribution in [-0.2, 0) is 6.54 Å². The fourth-order valence-corrected chi connectivity index (χ4v) is 4.36. The van der Waals surface area contributed by atoms with E-state index in [1.54, 1.807) is 0 Å². The van der Waals surface area contributed by atoms with Gasteiger partial charge in [-0.1, -0.05) is 24.3 Å². The standard InChI is InChI=1S/C20H25N3OS/c1-14-4-2-3-5-16(14)12-23-10-8-17(9-11-23)22-20(24)19-18(15-6-7-15)21-13-25-19/h2-5,13,15,17H,6-12H2,1H3,(H,22,24). The van der Waals surface area contributed by atoms with E-state index >= 15 is 0 Å². The van der Waals surface area contributed by atoms with Crippen LogP contribution in [0.5, 0.6) is 0 Å². The van der Waals surface area contributed by atoms with Crippen LogP contribution < -0.4 is 5.32 Å². The summed E-state index contributed by atoms with van der Waals surface area (Å²) in [7, 11) is 0. The van der Waals surface area contributed by atoms with E-state index in [2.05, 4.69) is 46.4 Å². The third-order valence-corrected chi connectivity index (χ3v) is 6.18. The molecule has 1 N–H and O–H groups in total. The predicted molar refractivity (Wildman–Crippen MR) is 101 cm³/mol. The molecule has 1 aromatic heterocycles. The van der Waals surface area contributed by atoms with Gasteiger partial charge in [0.25, 0.3) is 5.91 Å². The molecule has 1 aromatic carbocycles. The second-order valence-electron chi connectivity index (χ2n) is 7.29. The number of rotatable bonds is 5. The first-order chi connectivity index (χ1) is 12.2. The lowest BCUT2D eigenvalue weighted by molar-refractivity contribution is 0.0912. The molecule has 2 aromatic rings. The maximum absolute atomic E-state index is 12.6. The van der Waals surface area contributed by atoms with E-state index in [1.165, 1.54) is 35.3 Å². The van der Waals surface area contributed by atoms with Crippen LogP contribution in [0.15, 0.2) is 29.8 Å². The first kappa shape index (κ1) is 16.7. The Labute approximate surface area is 153 Å². The molecule has 25 heavy (non-hydrogen) atoms. The minimum atomic E-state index is 0.0850. The Bertz CT molecular complexity index is 745. The highest BCUT2D eigenvalue weighted by Crippen LogP contribution is 2.41. The molecule has 132 valence electrons. The monoisotopic (exact) mass is 355 g/mol. The molecule has 0 unspecified atom stereocenters. The van der Waals surface area contributed by atoms with Gasteiger partial charge in [0.15, 0.2) is 0 Å². The summed E-state index contributed by atoms with van der Waals surface area (Å²) in [5.41, 5.74) is 5.60. The highest BCUT2D eigenvalue weighted by molar-refractivity contribution is 7.11. The molecule has 0 spiro atoms.